The van der Waals surface area contributed by atoms with Crippen molar-refractivity contribution in [3.8, 4) is 0 Å². The number of nitrogens with one attached hydrogen (secondary N) is 1. The van der Waals surface area contributed by atoms with E-state index in [9.17, 15) is 0 Å². The Morgan fingerprint density at radius 2 is 2.33 bits per heavy atom. The van der Waals surface area contributed by atoms with E-state index in [0.717, 1.165) is 6.21 Å². The first kappa shape index (κ1) is 8.17. The van der Waals surface area contributed by atoms with E-state index in [1.54, 1.807) is 6.92 Å². The summed E-state index contributed by atoms with van der Waals surface area (Å²) in [6, 6.07) is 0. The summed E-state index contributed by atoms with van der Waals surface area (Å²) in [4.78, 5) is 3.64. The lowest BCUT2D eigenvalue weighted by atomic mass is 10.6. The lowest BCUT2D eigenvalue weighted by Crippen LogP contribution is -1.94. The molecule has 9 heavy (non-hydrogen) atoms. The summed E-state index contributed by atoms with van der Waals surface area (Å²) >= 11 is 5.36. The summed E-state index contributed by atoms with van der Waals surface area (Å²) < 4.78 is 0. The molecule has 0 unspecified atom stereocenters. The van der Waals surface area contributed by atoms with Gasteiger partial charge in [0.25, 0.3) is 0 Å². The number of halogens is 1. The van der Waals surface area contributed by atoms with E-state index in [0.29, 0.717) is 5.17 Å². The molecule has 0 saturated carbocycles. The standard InChI is InChI=1S/C5H8ClN3/c1-4(6)9-5(8)2-3-7/h2-3,7H,8H2,1H3/b5-2-,7-3?,9-4+. The van der Waals surface area contributed by atoms with Gasteiger partial charge in [0.15, 0.2) is 0 Å². The van der Waals surface area contributed by atoms with Gasteiger partial charge in [0.1, 0.15) is 11.0 Å². The second-order valence-corrected chi connectivity index (χ2v) is 1.91. The summed E-state index contributed by atoms with van der Waals surface area (Å²) in [5.41, 5.74) is 5.22. The molecule has 0 saturated heterocycles. The molecule has 3 nitrogen and oxygen atoms in total. The Labute approximate surface area is 58.7 Å². The maximum Gasteiger partial charge on any atom is 0.126 e. The number of hydrogen-bond acceptors (Lipinski definition) is 3. The largest absolute Gasteiger partial charge is 0.384 e. The lowest BCUT2D eigenvalue weighted by Gasteiger charge is -1.87. The van der Waals surface area contributed by atoms with E-state index in [2.05, 4.69) is 4.99 Å². The lowest BCUT2D eigenvalue weighted by molar-refractivity contribution is 1.25. The summed E-state index contributed by atoms with van der Waals surface area (Å²) in [7, 11) is 0. The maximum atomic E-state index is 6.58. The van der Waals surface area contributed by atoms with Gasteiger partial charge in [-0.3, -0.25) is 0 Å². The van der Waals surface area contributed by atoms with Crippen molar-refractivity contribution in [2.75, 3.05) is 0 Å². The van der Waals surface area contributed by atoms with Crippen LogP contribution in [0.1, 0.15) is 6.92 Å². The fourth-order valence-corrected chi connectivity index (χ4v) is 0.398. The Balaban J connectivity index is 4.05. The number of hydrogen-bond donors (Lipinski definition) is 2. The van der Waals surface area contributed by atoms with Crippen LogP contribution in [0.3, 0.4) is 0 Å². The zero-order chi connectivity index (χ0) is 7.28. The third-order valence-electron chi connectivity index (χ3n) is 0.537. The minimum Gasteiger partial charge on any atom is -0.384 e. The third kappa shape index (κ3) is 5.03. The zero-order valence-electron chi connectivity index (χ0n) is 5.06. The predicted octanol–water partition coefficient (Wildman–Crippen LogP) is 1.09. The molecule has 0 spiro atoms. The number of nitrogens with zero attached hydrogens (tertiary/aromatic N) is 1. The van der Waals surface area contributed by atoms with Gasteiger partial charge >= 0.3 is 0 Å². The molecule has 0 aromatic carbocycles. The third-order valence-corrected chi connectivity index (χ3v) is 0.622. The molecule has 0 fully saturated rings. The Kier molecular flexibility index (Phi) is 3.71. The smallest absolute Gasteiger partial charge is 0.126 e. The average Bonchev–Trinajstić information content (AvgIpc) is 1.63. The molecule has 0 atom stereocenters. The van der Waals surface area contributed by atoms with Gasteiger partial charge in [0, 0.05) is 6.21 Å². The Bertz CT molecular complexity index is 156. The second-order valence-electron chi connectivity index (χ2n) is 1.37. The molecule has 0 radical (unpaired) electrons. The van der Waals surface area contributed by atoms with Gasteiger partial charge in [0.2, 0.25) is 0 Å². The summed E-state index contributed by atoms with van der Waals surface area (Å²) in [6.07, 6.45) is 2.41. The molecule has 0 rings (SSSR count). The van der Waals surface area contributed by atoms with Gasteiger partial charge in [-0.25, -0.2) is 4.99 Å². The van der Waals surface area contributed by atoms with Crippen molar-refractivity contribution in [2.45, 2.75) is 6.92 Å². The highest BCUT2D eigenvalue weighted by atomic mass is 35.5. The number of nitrogens with two attached hydrogens (primary N) is 1. The highest BCUT2D eigenvalue weighted by Crippen LogP contribution is 1.89. The Morgan fingerprint density at radius 1 is 1.78 bits per heavy atom. The van der Waals surface area contributed by atoms with Gasteiger partial charge in [-0.05, 0) is 13.0 Å². The minimum absolute atomic E-state index is 0.248. The van der Waals surface area contributed by atoms with Crippen molar-refractivity contribution >= 4 is 23.0 Å². The first-order valence-corrected chi connectivity index (χ1v) is 2.71. The average molecular weight is 146 g/mol. The molecule has 0 aromatic heterocycles. The molecule has 0 aliphatic heterocycles. The van der Waals surface area contributed by atoms with Crippen LogP contribution in [0, 0.1) is 5.41 Å². The molecule has 0 aliphatic rings. The van der Waals surface area contributed by atoms with Gasteiger partial charge in [-0.15, -0.1) is 0 Å². The van der Waals surface area contributed by atoms with Gasteiger partial charge < -0.3 is 11.1 Å². The van der Waals surface area contributed by atoms with Crippen LogP contribution in [0.25, 0.3) is 0 Å². The molecule has 0 aromatic rings. The van der Waals surface area contributed by atoms with Gasteiger partial charge in [-0.2, -0.15) is 0 Å². The van der Waals surface area contributed by atoms with E-state index >= 15 is 0 Å². The summed E-state index contributed by atoms with van der Waals surface area (Å²) in [6.45, 7) is 1.62. The van der Waals surface area contributed by atoms with Crippen molar-refractivity contribution in [2.24, 2.45) is 10.7 Å². The van der Waals surface area contributed by atoms with Crippen LogP contribution in [0.4, 0.5) is 0 Å². The van der Waals surface area contributed by atoms with Crippen molar-refractivity contribution < 1.29 is 0 Å². The molecule has 0 amide bonds. The fourth-order valence-electron chi connectivity index (χ4n) is 0.301. The number of rotatable bonds is 2. The number of aliphatic imine (C=N–C) groups is 1. The topological polar surface area (TPSA) is 62.2 Å². The van der Waals surface area contributed by atoms with Crippen LogP contribution >= 0.6 is 11.6 Å². The van der Waals surface area contributed by atoms with E-state index < -0.39 is 0 Å². The molecule has 50 valence electrons. The molecule has 0 heterocycles. The monoisotopic (exact) mass is 145 g/mol. The van der Waals surface area contributed by atoms with E-state index in [4.69, 9.17) is 22.7 Å². The SMILES string of the molecule is C/C(Cl)=N\C(N)=C/C=N. The fraction of sp³-hybridized carbons (Fsp3) is 0.200. The highest BCUT2D eigenvalue weighted by molar-refractivity contribution is 6.64. The molecular formula is C5H8ClN3. The van der Waals surface area contributed by atoms with Gasteiger partial charge in [0.05, 0.1) is 0 Å². The van der Waals surface area contributed by atoms with Crippen LogP contribution in [-0.2, 0) is 0 Å². The quantitative estimate of drug-likeness (QED) is 0.562. The first-order valence-electron chi connectivity index (χ1n) is 2.34. The molecular weight excluding hydrogens is 138 g/mol. The Morgan fingerprint density at radius 3 is 2.67 bits per heavy atom. The first-order chi connectivity index (χ1) is 4.16. The van der Waals surface area contributed by atoms with Crippen LogP contribution < -0.4 is 5.73 Å². The van der Waals surface area contributed by atoms with Crippen molar-refractivity contribution in [3.63, 3.8) is 0 Å². The molecule has 0 bridgehead atoms. The Hall–Kier alpha value is -0.830. The maximum absolute atomic E-state index is 6.58. The minimum atomic E-state index is 0.248. The number of allylic oxidation sites excluding steroid dienone is 1. The van der Waals surface area contributed by atoms with Crippen LogP contribution in [0.5, 0.6) is 0 Å². The van der Waals surface area contributed by atoms with E-state index in [1.165, 1.54) is 6.08 Å². The molecule has 0 aliphatic carbocycles. The van der Waals surface area contributed by atoms with Crippen molar-refractivity contribution in [1.29, 1.82) is 5.41 Å². The zero-order valence-corrected chi connectivity index (χ0v) is 5.81. The van der Waals surface area contributed by atoms with Crippen LogP contribution in [0.2, 0.25) is 0 Å². The van der Waals surface area contributed by atoms with Crippen LogP contribution in [-0.4, -0.2) is 11.4 Å². The highest BCUT2D eigenvalue weighted by Gasteiger charge is 1.82. The summed E-state index contributed by atoms with van der Waals surface area (Å²) in [5.74, 6) is 0.248. The van der Waals surface area contributed by atoms with Gasteiger partial charge in [-0.1, -0.05) is 11.6 Å². The second kappa shape index (κ2) is 4.09. The van der Waals surface area contributed by atoms with E-state index in [-0.39, 0.29) is 5.82 Å². The van der Waals surface area contributed by atoms with Crippen molar-refractivity contribution in [1.82, 2.24) is 0 Å². The van der Waals surface area contributed by atoms with Crippen LogP contribution in [0.15, 0.2) is 16.9 Å². The summed E-state index contributed by atoms with van der Waals surface area (Å²) in [5, 5.41) is 6.95. The molecule has 3 N–H and O–H groups in total. The normalized spacial score (nSPS) is 13.6. The molecule has 4 heteroatoms. The predicted molar refractivity (Wildman–Crippen MR) is 40.0 cm³/mol. The van der Waals surface area contributed by atoms with E-state index in [1.807, 2.05) is 0 Å². The van der Waals surface area contributed by atoms with Crippen molar-refractivity contribution in [3.05, 3.63) is 11.9 Å².